The summed E-state index contributed by atoms with van der Waals surface area (Å²) in [6, 6.07) is 3.49. The summed E-state index contributed by atoms with van der Waals surface area (Å²) in [5.74, 6) is -2.68. The number of aromatic carboxylic acids is 1. The molecule has 0 atom stereocenters. The minimum atomic E-state index is -1.36. The van der Waals surface area contributed by atoms with Gasteiger partial charge in [-0.1, -0.05) is 6.07 Å². The molecule has 0 radical (unpaired) electrons. The molecule has 0 unspecified atom stereocenters. The minimum absolute atomic E-state index is 0.243. The summed E-state index contributed by atoms with van der Waals surface area (Å²) in [4.78, 5) is 31.1. The molecule has 0 fully saturated rings. The predicted molar refractivity (Wildman–Crippen MR) is 56.7 cm³/mol. The van der Waals surface area contributed by atoms with Gasteiger partial charge in [-0.3, -0.25) is 10.1 Å². The highest BCUT2D eigenvalue weighted by molar-refractivity contribution is 5.96. The Morgan fingerprint density at radius 3 is 2.41 bits per heavy atom. The van der Waals surface area contributed by atoms with E-state index in [1.165, 1.54) is 6.07 Å². The molecule has 1 aromatic carbocycles. The molecular formula is C10H7NO6. The Bertz CT molecular complexity index is 487. The number of hydrogen-bond acceptors (Lipinski definition) is 4. The molecule has 2 N–H and O–H groups in total. The maximum Gasteiger partial charge on any atom is 0.336 e. The van der Waals surface area contributed by atoms with Gasteiger partial charge in [-0.25, -0.2) is 9.59 Å². The molecule has 0 aliphatic carbocycles. The van der Waals surface area contributed by atoms with Crippen molar-refractivity contribution < 1.29 is 24.7 Å². The number of nitrogens with zero attached hydrogens (tertiary/aromatic N) is 1. The topological polar surface area (TPSA) is 118 Å². The minimum Gasteiger partial charge on any atom is -0.478 e. The lowest BCUT2D eigenvalue weighted by atomic mass is 10.0. The number of aliphatic carboxylic acids is 1. The van der Waals surface area contributed by atoms with Crippen molar-refractivity contribution in [1.29, 1.82) is 0 Å². The van der Waals surface area contributed by atoms with Crippen molar-refractivity contribution in [3.05, 3.63) is 45.5 Å². The van der Waals surface area contributed by atoms with Gasteiger partial charge in [0.2, 0.25) is 0 Å². The SMILES string of the molecule is O=C(O)C=Cc1c(C(=O)O)cccc1[N+](=O)[O-]. The third-order valence-corrected chi connectivity index (χ3v) is 1.90. The second kappa shape index (κ2) is 4.88. The number of hydrogen-bond donors (Lipinski definition) is 2. The maximum absolute atomic E-state index is 10.8. The van der Waals surface area contributed by atoms with Crippen LogP contribution < -0.4 is 0 Å². The summed E-state index contributed by atoms with van der Waals surface area (Å²) in [6.45, 7) is 0. The van der Waals surface area contributed by atoms with E-state index < -0.39 is 22.5 Å². The van der Waals surface area contributed by atoms with E-state index in [0.29, 0.717) is 6.08 Å². The number of nitro benzene ring substituents is 1. The van der Waals surface area contributed by atoms with Crippen molar-refractivity contribution in [2.75, 3.05) is 0 Å². The normalized spacial score (nSPS) is 10.4. The highest BCUT2D eigenvalue weighted by Crippen LogP contribution is 2.23. The molecule has 0 saturated carbocycles. The molecule has 88 valence electrons. The van der Waals surface area contributed by atoms with Gasteiger partial charge < -0.3 is 10.2 Å². The quantitative estimate of drug-likeness (QED) is 0.464. The predicted octanol–water partition coefficient (Wildman–Crippen LogP) is 1.39. The summed E-state index contributed by atoms with van der Waals surface area (Å²) in [5, 5.41) is 27.9. The average molecular weight is 237 g/mol. The number of carbonyl (C=O) groups is 2. The van der Waals surface area contributed by atoms with Crippen LogP contribution in [-0.4, -0.2) is 27.1 Å². The molecule has 0 aromatic heterocycles. The van der Waals surface area contributed by atoms with Gasteiger partial charge in [0.1, 0.15) is 0 Å². The van der Waals surface area contributed by atoms with Crippen molar-refractivity contribution in [2.24, 2.45) is 0 Å². The first kappa shape index (κ1) is 12.4. The highest BCUT2D eigenvalue weighted by atomic mass is 16.6. The van der Waals surface area contributed by atoms with Gasteiger partial charge in [-0.2, -0.15) is 0 Å². The van der Waals surface area contributed by atoms with Crippen molar-refractivity contribution in [3.63, 3.8) is 0 Å². The first-order valence-corrected chi connectivity index (χ1v) is 4.35. The van der Waals surface area contributed by atoms with Crippen LogP contribution in [0.25, 0.3) is 6.08 Å². The van der Waals surface area contributed by atoms with Gasteiger partial charge in [0.25, 0.3) is 5.69 Å². The number of benzene rings is 1. The molecule has 1 rings (SSSR count). The Hall–Kier alpha value is -2.70. The Morgan fingerprint density at radius 2 is 1.94 bits per heavy atom. The molecule has 7 heteroatoms. The van der Waals surface area contributed by atoms with Gasteiger partial charge in [-0.05, 0) is 12.1 Å². The average Bonchev–Trinajstić information content (AvgIpc) is 2.25. The first-order chi connectivity index (χ1) is 7.93. The third kappa shape index (κ3) is 2.88. The van der Waals surface area contributed by atoms with Crippen LogP contribution in [0.3, 0.4) is 0 Å². The number of nitro groups is 1. The van der Waals surface area contributed by atoms with Gasteiger partial charge in [0, 0.05) is 12.1 Å². The Balaban J connectivity index is 3.43. The van der Waals surface area contributed by atoms with Gasteiger partial charge in [0.05, 0.1) is 16.1 Å². The molecule has 0 heterocycles. The van der Waals surface area contributed by atoms with E-state index in [1.54, 1.807) is 0 Å². The van der Waals surface area contributed by atoms with Crippen molar-refractivity contribution >= 4 is 23.7 Å². The Labute approximate surface area is 94.8 Å². The molecule has 0 aliphatic heterocycles. The van der Waals surface area contributed by atoms with E-state index in [1.807, 2.05) is 0 Å². The molecule has 0 saturated heterocycles. The summed E-state index contributed by atoms with van der Waals surface area (Å²) in [6.07, 6.45) is 1.54. The number of rotatable bonds is 4. The molecule has 0 spiro atoms. The molecule has 1 aromatic rings. The number of carboxylic acid groups (broad SMARTS) is 2. The third-order valence-electron chi connectivity index (χ3n) is 1.90. The fourth-order valence-corrected chi connectivity index (χ4v) is 1.23. The lowest BCUT2D eigenvalue weighted by Gasteiger charge is -2.01. The van der Waals surface area contributed by atoms with Crippen molar-refractivity contribution in [3.8, 4) is 0 Å². The number of carboxylic acids is 2. The van der Waals surface area contributed by atoms with Crippen LogP contribution in [-0.2, 0) is 4.79 Å². The van der Waals surface area contributed by atoms with Crippen LogP contribution in [0.15, 0.2) is 24.3 Å². The van der Waals surface area contributed by atoms with Crippen LogP contribution in [0.1, 0.15) is 15.9 Å². The van der Waals surface area contributed by atoms with Crippen molar-refractivity contribution in [2.45, 2.75) is 0 Å². The van der Waals surface area contributed by atoms with E-state index >= 15 is 0 Å². The standard InChI is InChI=1S/C10H7NO6/c12-9(13)5-4-6-7(10(14)15)2-1-3-8(6)11(16)17/h1-5H,(H,12,13)(H,14,15). The monoisotopic (exact) mass is 237 g/mol. The zero-order valence-corrected chi connectivity index (χ0v) is 8.36. The second-order valence-corrected chi connectivity index (χ2v) is 2.97. The molecule has 17 heavy (non-hydrogen) atoms. The second-order valence-electron chi connectivity index (χ2n) is 2.97. The zero-order chi connectivity index (χ0) is 13.0. The smallest absolute Gasteiger partial charge is 0.336 e. The fourth-order valence-electron chi connectivity index (χ4n) is 1.23. The van der Waals surface area contributed by atoms with Gasteiger partial charge in [0.15, 0.2) is 0 Å². The maximum atomic E-state index is 10.8. The molecular weight excluding hydrogens is 230 g/mol. The summed E-state index contributed by atoms with van der Waals surface area (Å²) < 4.78 is 0. The Morgan fingerprint density at radius 1 is 1.29 bits per heavy atom. The van der Waals surface area contributed by atoms with E-state index in [-0.39, 0.29) is 11.1 Å². The lowest BCUT2D eigenvalue weighted by Crippen LogP contribution is -2.03. The lowest BCUT2D eigenvalue weighted by molar-refractivity contribution is -0.385. The Kier molecular flexibility index (Phi) is 3.55. The molecule has 7 nitrogen and oxygen atoms in total. The molecule has 0 aliphatic rings. The van der Waals surface area contributed by atoms with Gasteiger partial charge >= 0.3 is 11.9 Å². The summed E-state index contributed by atoms with van der Waals surface area (Å²) in [5.41, 5.74) is -1.02. The van der Waals surface area contributed by atoms with Crippen molar-refractivity contribution in [1.82, 2.24) is 0 Å². The van der Waals surface area contributed by atoms with E-state index in [4.69, 9.17) is 10.2 Å². The van der Waals surface area contributed by atoms with E-state index in [0.717, 1.165) is 18.2 Å². The fraction of sp³-hybridized carbons (Fsp3) is 0. The summed E-state index contributed by atoms with van der Waals surface area (Å²) in [7, 11) is 0. The van der Waals surface area contributed by atoms with Crippen LogP contribution in [0.4, 0.5) is 5.69 Å². The van der Waals surface area contributed by atoms with Crippen LogP contribution in [0.2, 0.25) is 0 Å². The van der Waals surface area contributed by atoms with E-state index in [2.05, 4.69) is 0 Å². The first-order valence-electron chi connectivity index (χ1n) is 4.35. The largest absolute Gasteiger partial charge is 0.478 e. The van der Waals surface area contributed by atoms with E-state index in [9.17, 15) is 19.7 Å². The highest BCUT2D eigenvalue weighted by Gasteiger charge is 2.19. The van der Waals surface area contributed by atoms with Crippen LogP contribution in [0.5, 0.6) is 0 Å². The summed E-state index contributed by atoms with van der Waals surface area (Å²) >= 11 is 0. The van der Waals surface area contributed by atoms with Gasteiger partial charge in [-0.15, -0.1) is 0 Å². The molecule has 0 bridgehead atoms. The zero-order valence-electron chi connectivity index (χ0n) is 8.36. The van der Waals surface area contributed by atoms with Crippen LogP contribution in [0, 0.1) is 10.1 Å². The van der Waals surface area contributed by atoms with Crippen LogP contribution >= 0.6 is 0 Å². The molecule has 0 amide bonds.